The van der Waals surface area contributed by atoms with E-state index in [9.17, 15) is 13.2 Å². The Balaban J connectivity index is 1.71. The zero-order valence-electron chi connectivity index (χ0n) is 13.7. The van der Waals surface area contributed by atoms with E-state index >= 15 is 0 Å². The van der Waals surface area contributed by atoms with Crippen molar-refractivity contribution < 1.29 is 13.2 Å². The third-order valence-electron chi connectivity index (χ3n) is 4.29. The molecule has 1 amide bonds. The van der Waals surface area contributed by atoms with Gasteiger partial charge in [0.2, 0.25) is 15.9 Å². The number of aromatic nitrogens is 2. The second-order valence-corrected chi connectivity index (χ2v) is 8.18. The van der Waals surface area contributed by atoms with Crippen molar-refractivity contribution in [2.45, 2.75) is 26.2 Å². The van der Waals surface area contributed by atoms with Crippen molar-refractivity contribution in [3.8, 4) is 0 Å². The SMILES string of the molecule is CCCS(=O)(=O)N1CCCC(C(=O)Nn2cnc3ccccc32)C1. The molecule has 7 nitrogen and oxygen atoms in total. The van der Waals surface area contributed by atoms with Crippen LogP contribution in [0.25, 0.3) is 11.0 Å². The minimum absolute atomic E-state index is 0.132. The molecule has 0 aliphatic carbocycles. The smallest absolute Gasteiger partial charge is 0.243 e. The van der Waals surface area contributed by atoms with Crippen LogP contribution >= 0.6 is 0 Å². The second kappa shape index (κ2) is 6.90. The Morgan fingerprint density at radius 1 is 1.38 bits per heavy atom. The molecule has 0 radical (unpaired) electrons. The quantitative estimate of drug-likeness (QED) is 0.887. The summed E-state index contributed by atoms with van der Waals surface area (Å²) in [5.41, 5.74) is 4.45. The molecule has 0 spiro atoms. The van der Waals surface area contributed by atoms with E-state index in [4.69, 9.17) is 0 Å². The van der Waals surface area contributed by atoms with Gasteiger partial charge in [0.15, 0.2) is 0 Å². The molecule has 8 heteroatoms. The summed E-state index contributed by atoms with van der Waals surface area (Å²) in [4.78, 5) is 16.8. The Hall–Kier alpha value is -1.93. The van der Waals surface area contributed by atoms with E-state index in [1.165, 1.54) is 4.31 Å². The molecule has 0 saturated carbocycles. The largest absolute Gasteiger partial charge is 0.273 e. The molecule has 2 aromatic rings. The topological polar surface area (TPSA) is 84.3 Å². The molecule has 1 aromatic heterocycles. The standard InChI is InChI=1S/C16H22N4O3S/c1-2-10-24(22,23)19-9-5-6-13(11-19)16(21)18-20-12-17-14-7-3-4-8-15(14)20/h3-4,7-8,12-13H,2,5-6,9-11H2,1H3,(H,18,21). The molecule has 1 atom stereocenters. The van der Waals surface area contributed by atoms with E-state index in [-0.39, 0.29) is 24.1 Å². The fourth-order valence-corrected chi connectivity index (χ4v) is 4.64. The molecule has 1 aliphatic heterocycles. The van der Waals surface area contributed by atoms with Crippen molar-refractivity contribution >= 4 is 27.0 Å². The zero-order chi connectivity index (χ0) is 17.2. The Morgan fingerprint density at radius 3 is 2.96 bits per heavy atom. The third kappa shape index (κ3) is 3.44. The number of imidazole rings is 1. The lowest BCUT2D eigenvalue weighted by atomic mass is 9.99. The maximum Gasteiger partial charge on any atom is 0.243 e. The van der Waals surface area contributed by atoms with Gasteiger partial charge in [-0.1, -0.05) is 19.1 Å². The van der Waals surface area contributed by atoms with Crippen LogP contribution in [0.15, 0.2) is 30.6 Å². The monoisotopic (exact) mass is 350 g/mol. The lowest BCUT2D eigenvalue weighted by Gasteiger charge is -2.31. The number of para-hydroxylation sites is 2. The lowest BCUT2D eigenvalue weighted by Crippen LogP contribution is -2.45. The minimum atomic E-state index is -3.26. The summed E-state index contributed by atoms with van der Waals surface area (Å²) in [5, 5.41) is 0. The van der Waals surface area contributed by atoms with E-state index in [1.54, 1.807) is 11.0 Å². The van der Waals surface area contributed by atoms with Gasteiger partial charge in [-0.2, -0.15) is 0 Å². The number of amides is 1. The molecular weight excluding hydrogens is 328 g/mol. The minimum Gasteiger partial charge on any atom is -0.273 e. The van der Waals surface area contributed by atoms with E-state index in [0.29, 0.717) is 25.8 Å². The number of carbonyl (C=O) groups is 1. The lowest BCUT2D eigenvalue weighted by molar-refractivity contribution is -0.121. The molecular formula is C16H22N4O3S. The molecule has 1 saturated heterocycles. The van der Waals surface area contributed by atoms with Crippen LogP contribution in [0.3, 0.4) is 0 Å². The summed E-state index contributed by atoms with van der Waals surface area (Å²) in [7, 11) is -3.26. The summed E-state index contributed by atoms with van der Waals surface area (Å²) in [6.45, 7) is 2.59. The second-order valence-electron chi connectivity index (χ2n) is 6.09. The predicted octanol–water partition coefficient (Wildman–Crippen LogP) is 1.56. The Kier molecular flexibility index (Phi) is 4.86. The van der Waals surface area contributed by atoms with Crippen LogP contribution in [0, 0.1) is 5.92 Å². The summed E-state index contributed by atoms with van der Waals surface area (Å²) in [5.74, 6) is -0.380. The summed E-state index contributed by atoms with van der Waals surface area (Å²) in [6.07, 6.45) is 3.54. The van der Waals surface area contributed by atoms with Gasteiger partial charge in [0, 0.05) is 13.1 Å². The first-order chi connectivity index (χ1) is 11.5. The average Bonchev–Trinajstić information content (AvgIpc) is 2.98. The maximum atomic E-state index is 12.6. The van der Waals surface area contributed by atoms with E-state index in [1.807, 2.05) is 31.2 Å². The molecule has 1 N–H and O–H groups in total. The number of fused-ring (bicyclic) bond motifs is 1. The van der Waals surface area contributed by atoms with E-state index in [2.05, 4.69) is 10.4 Å². The van der Waals surface area contributed by atoms with Crippen LogP contribution in [0.2, 0.25) is 0 Å². The fraction of sp³-hybridized carbons (Fsp3) is 0.500. The highest BCUT2D eigenvalue weighted by molar-refractivity contribution is 7.89. The first-order valence-electron chi connectivity index (χ1n) is 8.22. The first-order valence-corrected chi connectivity index (χ1v) is 9.83. The Labute approximate surface area is 141 Å². The van der Waals surface area contributed by atoms with Crippen molar-refractivity contribution in [3.63, 3.8) is 0 Å². The highest BCUT2D eigenvalue weighted by Gasteiger charge is 2.32. The van der Waals surface area contributed by atoms with E-state index in [0.717, 1.165) is 11.0 Å². The van der Waals surface area contributed by atoms with Crippen molar-refractivity contribution in [2.75, 3.05) is 24.3 Å². The van der Waals surface area contributed by atoms with Crippen LogP contribution in [-0.4, -0.2) is 47.1 Å². The average molecular weight is 350 g/mol. The molecule has 1 aliphatic rings. The molecule has 1 aromatic carbocycles. The van der Waals surface area contributed by atoms with Crippen molar-refractivity contribution in [1.29, 1.82) is 0 Å². The van der Waals surface area contributed by atoms with Crippen LogP contribution in [0.5, 0.6) is 0 Å². The van der Waals surface area contributed by atoms with Gasteiger partial charge in [0.05, 0.1) is 22.7 Å². The van der Waals surface area contributed by atoms with Gasteiger partial charge in [-0.05, 0) is 31.4 Å². The van der Waals surface area contributed by atoms with Gasteiger partial charge in [0.1, 0.15) is 6.33 Å². The Morgan fingerprint density at radius 2 is 2.17 bits per heavy atom. The normalized spacial score (nSPS) is 19.5. The van der Waals surface area contributed by atoms with Crippen molar-refractivity contribution in [1.82, 2.24) is 14.0 Å². The number of rotatable bonds is 5. The van der Waals surface area contributed by atoms with E-state index < -0.39 is 10.0 Å². The highest BCUT2D eigenvalue weighted by atomic mass is 32.2. The third-order valence-corrected chi connectivity index (χ3v) is 6.34. The molecule has 1 fully saturated rings. The van der Waals surface area contributed by atoms with Gasteiger partial charge in [0.25, 0.3) is 0 Å². The van der Waals surface area contributed by atoms with Gasteiger partial charge in [-0.3, -0.25) is 10.2 Å². The number of benzene rings is 1. The number of hydrogen-bond acceptors (Lipinski definition) is 4. The maximum absolute atomic E-state index is 12.6. The van der Waals surface area contributed by atoms with Crippen LogP contribution in [-0.2, 0) is 14.8 Å². The number of hydrogen-bond donors (Lipinski definition) is 1. The van der Waals surface area contributed by atoms with Crippen LogP contribution in [0.1, 0.15) is 26.2 Å². The number of nitrogens with zero attached hydrogens (tertiary/aromatic N) is 3. The molecule has 1 unspecified atom stereocenters. The zero-order valence-corrected chi connectivity index (χ0v) is 14.5. The van der Waals surface area contributed by atoms with Gasteiger partial charge in [-0.25, -0.2) is 22.4 Å². The molecule has 3 rings (SSSR count). The van der Waals surface area contributed by atoms with Crippen molar-refractivity contribution in [2.24, 2.45) is 5.92 Å². The fourth-order valence-electron chi connectivity index (χ4n) is 3.05. The predicted molar refractivity (Wildman–Crippen MR) is 92.5 cm³/mol. The summed E-state index contributed by atoms with van der Waals surface area (Å²) < 4.78 is 27.5. The summed E-state index contributed by atoms with van der Waals surface area (Å²) in [6, 6.07) is 7.52. The molecule has 2 heterocycles. The Bertz CT molecular complexity index is 831. The number of carbonyl (C=O) groups excluding carboxylic acids is 1. The first kappa shape index (κ1) is 16.9. The van der Waals surface area contributed by atoms with Crippen LogP contribution in [0.4, 0.5) is 0 Å². The van der Waals surface area contributed by atoms with Gasteiger partial charge >= 0.3 is 0 Å². The molecule has 0 bridgehead atoms. The van der Waals surface area contributed by atoms with Gasteiger partial charge < -0.3 is 0 Å². The van der Waals surface area contributed by atoms with Crippen molar-refractivity contribution in [3.05, 3.63) is 30.6 Å². The molecule has 130 valence electrons. The summed E-state index contributed by atoms with van der Waals surface area (Å²) >= 11 is 0. The van der Waals surface area contributed by atoms with Crippen LogP contribution < -0.4 is 5.43 Å². The highest BCUT2D eigenvalue weighted by Crippen LogP contribution is 2.21. The van der Waals surface area contributed by atoms with Gasteiger partial charge in [-0.15, -0.1) is 0 Å². The number of piperidine rings is 1. The number of sulfonamides is 1. The molecule has 24 heavy (non-hydrogen) atoms. The number of nitrogens with one attached hydrogen (secondary N) is 1.